The molecule has 2 N–H and O–H groups in total. The van der Waals surface area contributed by atoms with Gasteiger partial charge >= 0.3 is 0 Å². The van der Waals surface area contributed by atoms with Crippen LogP contribution in [0.4, 0.5) is 5.69 Å². The predicted octanol–water partition coefficient (Wildman–Crippen LogP) is 3.95. The van der Waals surface area contributed by atoms with Gasteiger partial charge in [-0.25, -0.2) is 4.98 Å². The van der Waals surface area contributed by atoms with E-state index in [-0.39, 0.29) is 0 Å². The normalized spacial score (nSPS) is 10.5. The molecule has 2 rings (SSSR count). The Morgan fingerprint density at radius 2 is 2.27 bits per heavy atom. The van der Waals surface area contributed by atoms with Gasteiger partial charge in [0.25, 0.3) is 0 Å². The summed E-state index contributed by atoms with van der Waals surface area (Å²) in [7, 11) is 0. The molecule has 1 heterocycles. The van der Waals surface area contributed by atoms with E-state index < -0.39 is 0 Å². The zero-order valence-corrected chi connectivity index (χ0v) is 11.2. The van der Waals surface area contributed by atoms with E-state index in [1.54, 1.807) is 23.1 Å². The van der Waals surface area contributed by atoms with Crippen LogP contribution < -0.4 is 5.73 Å². The Morgan fingerprint density at radius 3 is 2.93 bits per heavy atom. The molecule has 1 aromatic heterocycles. The summed E-state index contributed by atoms with van der Waals surface area (Å²) >= 11 is 6.79. The molecule has 0 spiro atoms. The smallest absolute Gasteiger partial charge is 0.154 e. The van der Waals surface area contributed by atoms with Gasteiger partial charge < -0.3 is 5.73 Å². The molecule has 0 unspecified atom stereocenters. The Hall–Kier alpha value is -0.520. The van der Waals surface area contributed by atoms with Gasteiger partial charge in [0.1, 0.15) is 0 Å². The Bertz CT molecular complexity index is 469. The molecule has 0 saturated heterocycles. The molecule has 0 saturated carbocycles. The summed E-state index contributed by atoms with van der Waals surface area (Å²) in [4.78, 5) is 5.38. The Morgan fingerprint density at radius 1 is 1.47 bits per heavy atom. The van der Waals surface area contributed by atoms with Gasteiger partial charge in [0, 0.05) is 26.6 Å². The number of hydrogen-bond donors (Lipinski definition) is 1. The molecule has 0 aliphatic heterocycles. The second-order valence-corrected chi connectivity index (χ2v) is 6.08. The summed E-state index contributed by atoms with van der Waals surface area (Å²) in [5.41, 5.74) is 7.72. The van der Waals surface area contributed by atoms with Crippen molar-refractivity contribution in [3.05, 3.63) is 33.7 Å². The molecule has 0 atom stereocenters. The first kappa shape index (κ1) is 11.0. The maximum Gasteiger partial charge on any atom is 0.154 e. The van der Waals surface area contributed by atoms with Crippen LogP contribution >= 0.6 is 39.0 Å². The fourth-order valence-corrected chi connectivity index (χ4v) is 3.39. The molecule has 1 aromatic carbocycles. The van der Waals surface area contributed by atoms with E-state index in [1.165, 1.54) is 0 Å². The van der Waals surface area contributed by atoms with Crippen molar-refractivity contribution in [2.24, 2.45) is 0 Å². The van der Waals surface area contributed by atoms with Crippen molar-refractivity contribution in [2.75, 3.05) is 5.73 Å². The molecule has 78 valence electrons. The van der Waals surface area contributed by atoms with Crippen LogP contribution in [0.15, 0.2) is 37.4 Å². The molecule has 0 aliphatic carbocycles. The first-order valence-electron chi connectivity index (χ1n) is 4.30. The Balaban J connectivity index is 2.33. The lowest BCUT2D eigenvalue weighted by atomic mass is 10.2. The second-order valence-electron chi connectivity index (χ2n) is 3.04. The average molecular weight is 301 g/mol. The molecule has 2 aromatic rings. The molecule has 5 heteroatoms. The second kappa shape index (κ2) is 4.55. The minimum atomic E-state index is 0.811. The largest absolute Gasteiger partial charge is 0.398 e. The highest BCUT2D eigenvalue weighted by Gasteiger charge is 2.06. The number of thiazole rings is 1. The van der Waals surface area contributed by atoms with Gasteiger partial charge in [0.2, 0.25) is 0 Å². The monoisotopic (exact) mass is 300 g/mol. The van der Waals surface area contributed by atoms with Crippen LogP contribution in [0.1, 0.15) is 5.56 Å². The summed E-state index contributed by atoms with van der Waals surface area (Å²) in [5, 5.41) is 1.97. The highest BCUT2D eigenvalue weighted by molar-refractivity contribution is 9.10. The van der Waals surface area contributed by atoms with Crippen LogP contribution in [0.5, 0.6) is 0 Å². The Labute approximate surface area is 105 Å². The molecule has 0 aliphatic rings. The average Bonchev–Trinajstić information content (AvgIpc) is 2.67. The number of halogens is 1. The SMILES string of the molecule is Cc1cc(Sc2nccs2)c(Br)cc1N. The molecule has 15 heavy (non-hydrogen) atoms. The molecular weight excluding hydrogens is 292 g/mol. The molecule has 0 amide bonds. The number of aromatic nitrogens is 1. The molecule has 0 radical (unpaired) electrons. The summed E-state index contributed by atoms with van der Waals surface area (Å²) in [6, 6.07) is 4.01. The summed E-state index contributed by atoms with van der Waals surface area (Å²) < 4.78 is 2.06. The summed E-state index contributed by atoms with van der Waals surface area (Å²) in [5.74, 6) is 0. The van der Waals surface area contributed by atoms with Gasteiger partial charge in [-0.3, -0.25) is 0 Å². The van der Waals surface area contributed by atoms with Gasteiger partial charge in [-0.1, -0.05) is 11.8 Å². The molecule has 2 nitrogen and oxygen atoms in total. The summed E-state index contributed by atoms with van der Waals surface area (Å²) in [6.45, 7) is 2.01. The van der Waals surface area contributed by atoms with Crippen LogP contribution in [0.25, 0.3) is 0 Å². The highest BCUT2D eigenvalue weighted by atomic mass is 79.9. The molecule has 0 bridgehead atoms. The number of rotatable bonds is 2. The first-order valence-corrected chi connectivity index (χ1v) is 6.78. The van der Waals surface area contributed by atoms with Crippen LogP contribution in [0.2, 0.25) is 0 Å². The fourth-order valence-electron chi connectivity index (χ4n) is 1.10. The lowest BCUT2D eigenvalue weighted by Crippen LogP contribution is -1.90. The fraction of sp³-hybridized carbons (Fsp3) is 0.100. The van der Waals surface area contributed by atoms with Gasteiger partial charge in [0.15, 0.2) is 4.34 Å². The maximum atomic E-state index is 5.81. The van der Waals surface area contributed by atoms with E-state index in [0.717, 1.165) is 25.0 Å². The first-order chi connectivity index (χ1) is 7.16. The van der Waals surface area contributed by atoms with Crippen molar-refractivity contribution in [2.45, 2.75) is 16.2 Å². The van der Waals surface area contributed by atoms with Crippen LogP contribution in [-0.2, 0) is 0 Å². The zero-order chi connectivity index (χ0) is 10.8. The van der Waals surface area contributed by atoms with Crippen molar-refractivity contribution < 1.29 is 0 Å². The van der Waals surface area contributed by atoms with Crippen molar-refractivity contribution >= 4 is 44.7 Å². The predicted molar refractivity (Wildman–Crippen MR) is 69.5 cm³/mol. The topological polar surface area (TPSA) is 38.9 Å². The third-order valence-corrected chi connectivity index (χ3v) is 4.79. The number of aryl methyl sites for hydroxylation is 1. The van der Waals surface area contributed by atoms with Crippen LogP contribution in [0, 0.1) is 6.92 Å². The van der Waals surface area contributed by atoms with Gasteiger partial charge in [-0.2, -0.15) is 0 Å². The minimum absolute atomic E-state index is 0.811. The van der Waals surface area contributed by atoms with Gasteiger partial charge in [-0.15, -0.1) is 11.3 Å². The van der Waals surface area contributed by atoms with E-state index in [0.29, 0.717) is 0 Å². The zero-order valence-electron chi connectivity index (χ0n) is 8.03. The number of benzene rings is 1. The van der Waals surface area contributed by atoms with Crippen LogP contribution in [-0.4, -0.2) is 4.98 Å². The minimum Gasteiger partial charge on any atom is -0.398 e. The van der Waals surface area contributed by atoms with E-state index >= 15 is 0 Å². The maximum absolute atomic E-state index is 5.81. The third-order valence-electron chi connectivity index (χ3n) is 1.93. The number of nitrogen functional groups attached to an aromatic ring is 1. The van der Waals surface area contributed by atoms with Crippen molar-refractivity contribution in [3.63, 3.8) is 0 Å². The summed E-state index contributed by atoms with van der Waals surface area (Å²) in [6.07, 6.45) is 1.81. The lowest BCUT2D eigenvalue weighted by Gasteiger charge is -2.06. The molecule has 0 fully saturated rings. The number of nitrogens with zero attached hydrogens (tertiary/aromatic N) is 1. The number of nitrogens with two attached hydrogens (primary N) is 1. The quantitative estimate of drug-likeness (QED) is 0.854. The van der Waals surface area contributed by atoms with E-state index in [4.69, 9.17) is 5.73 Å². The van der Waals surface area contributed by atoms with E-state index in [1.807, 2.05) is 24.6 Å². The van der Waals surface area contributed by atoms with Crippen molar-refractivity contribution in [1.29, 1.82) is 0 Å². The standard InChI is InChI=1S/C10H9BrN2S2/c1-6-4-9(7(11)5-8(6)12)15-10-13-2-3-14-10/h2-5H,12H2,1H3. The third kappa shape index (κ3) is 2.53. The van der Waals surface area contributed by atoms with Gasteiger partial charge in [0.05, 0.1) is 0 Å². The highest BCUT2D eigenvalue weighted by Crippen LogP contribution is 2.36. The van der Waals surface area contributed by atoms with Crippen LogP contribution in [0.3, 0.4) is 0 Å². The van der Waals surface area contributed by atoms with Gasteiger partial charge in [-0.05, 0) is 40.5 Å². The van der Waals surface area contributed by atoms with E-state index in [9.17, 15) is 0 Å². The number of anilines is 1. The lowest BCUT2D eigenvalue weighted by molar-refractivity contribution is 1.24. The number of hydrogen-bond acceptors (Lipinski definition) is 4. The van der Waals surface area contributed by atoms with E-state index in [2.05, 4.69) is 27.0 Å². The molecular formula is C10H9BrN2S2. The van der Waals surface area contributed by atoms with Crippen molar-refractivity contribution in [3.8, 4) is 0 Å². The Kier molecular flexibility index (Phi) is 3.33. The van der Waals surface area contributed by atoms with Crippen molar-refractivity contribution in [1.82, 2.24) is 4.98 Å².